The second kappa shape index (κ2) is 15.4. The van der Waals surface area contributed by atoms with Crippen molar-refractivity contribution in [3.8, 4) is 0 Å². The number of urea groups is 1. The lowest BCUT2D eigenvalue weighted by Crippen LogP contribution is -2.63. The number of hydrogen-bond acceptors (Lipinski definition) is 4. The van der Waals surface area contributed by atoms with Gasteiger partial charge in [0.1, 0.15) is 6.04 Å². The molecule has 3 amide bonds. The lowest BCUT2D eigenvalue weighted by atomic mass is 9.87. The van der Waals surface area contributed by atoms with E-state index in [1.807, 2.05) is 18.3 Å². The van der Waals surface area contributed by atoms with Crippen LogP contribution in [0.1, 0.15) is 81.9 Å². The Bertz CT molecular complexity index is 1180. The van der Waals surface area contributed by atoms with Crippen molar-refractivity contribution in [2.45, 2.75) is 95.7 Å². The number of rotatable bonds is 10. The SMILES string of the molecule is O=C(NCCc1cncn1Cc1ccc(Cl)c(Cl)c1)[C@H]1CN(CCC2CCCCC2)CCN1C(=O)NC1CCCCC1. The Hall–Kier alpha value is -2.29. The fourth-order valence-corrected chi connectivity index (χ4v) is 7.14. The van der Waals surface area contributed by atoms with Crippen LogP contribution in [0.15, 0.2) is 30.7 Å². The van der Waals surface area contributed by atoms with Crippen molar-refractivity contribution >= 4 is 35.1 Å². The van der Waals surface area contributed by atoms with E-state index in [2.05, 4.69) is 25.1 Å². The number of piperazine rings is 1. The topological polar surface area (TPSA) is 82.5 Å². The van der Waals surface area contributed by atoms with Crippen LogP contribution in [0.4, 0.5) is 4.79 Å². The van der Waals surface area contributed by atoms with Crippen molar-refractivity contribution in [3.63, 3.8) is 0 Å². The van der Waals surface area contributed by atoms with Gasteiger partial charge in [-0.05, 0) is 49.4 Å². The van der Waals surface area contributed by atoms with Crippen molar-refractivity contribution in [1.82, 2.24) is 30.0 Å². The molecule has 2 aromatic rings. The number of aromatic nitrogens is 2. The molecule has 2 saturated carbocycles. The smallest absolute Gasteiger partial charge is 0.318 e. The van der Waals surface area contributed by atoms with Crippen molar-refractivity contribution in [2.75, 3.05) is 32.7 Å². The van der Waals surface area contributed by atoms with E-state index >= 15 is 0 Å². The highest BCUT2D eigenvalue weighted by molar-refractivity contribution is 6.42. The molecule has 1 aliphatic heterocycles. The fourth-order valence-electron chi connectivity index (χ4n) is 6.82. The maximum Gasteiger partial charge on any atom is 0.318 e. The van der Waals surface area contributed by atoms with Gasteiger partial charge in [0.25, 0.3) is 0 Å². The number of imidazole rings is 1. The van der Waals surface area contributed by atoms with Gasteiger partial charge in [0, 0.05) is 57.1 Å². The van der Waals surface area contributed by atoms with Gasteiger partial charge in [-0.3, -0.25) is 9.69 Å². The van der Waals surface area contributed by atoms with Gasteiger partial charge in [0.15, 0.2) is 0 Å². The zero-order valence-corrected chi connectivity index (χ0v) is 26.2. The molecular formula is C32H46Cl2N6O2. The summed E-state index contributed by atoms with van der Waals surface area (Å²) in [7, 11) is 0. The Morgan fingerprint density at radius 2 is 1.71 bits per heavy atom. The van der Waals surface area contributed by atoms with Crippen LogP contribution in [0.3, 0.4) is 0 Å². The monoisotopic (exact) mass is 616 g/mol. The number of nitrogens with one attached hydrogen (secondary N) is 2. The first-order chi connectivity index (χ1) is 20.5. The predicted molar refractivity (Wildman–Crippen MR) is 168 cm³/mol. The molecule has 230 valence electrons. The molecule has 0 radical (unpaired) electrons. The molecule has 2 heterocycles. The van der Waals surface area contributed by atoms with E-state index < -0.39 is 6.04 Å². The molecule has 10 heteroatoms. The summed E-state index contributed by atoms with van der Waals surface area (Å²) in [6, 6.07) is 5.26. The predicted octanol–water partition coefficient (Wildman–Crippen LogP) is 5.90. The number of amides is 3. The standard InChI is InChI=1S/C32H46Cl2N6O2/c33-28-12-11-25(19-29(28)34)21-39-23-35-20-27(39)13-15-36-31(41)30-22-38(16-14-24-7-3-1-4-8-24)17-18-40(30)32(42)37-26-9-5-2-6-10-26/h11-12,19-20,23-24,26,30H,1-10,13-18,21-22H2,(H,36,41)(H,37,42)/t30-/m1/s1. The lowest BCUT2D eigenvalue weighted by Gasteiger charge is -2.41. The molecule has 1 aromatic heterocycles. The molecule has 2 N–H and O–H groups in total. The van der Waals surface area contributed by atoms with E-state index in [1.165, 1.54) is 44.9 Å². The molecule has 3 fully saturated rings. The van der Waals surface area contributed by atoms with E-state index in [9.17, 15) is 9.59 Å². The Morgan fingerprint density at radius 3 is 2.48 bits per heavy atom. The Balaban J connectivity index is 1.17. The van der Waals surface area contributed by atoms with E-state index in [0.29, 0.717) is 42.6 Å². The minimum Gasteiger partial charge on any atom is -0.354 e. The van der Waals surface area contributed by atoms with E-state index in [0.717, 1.165) is 55.9 Å². The van der Waals surface area contributed by atoms with Crippen molar-refractivity contribution in [3.05, 3.63) is 52.0 Å². The van der Waals surface area contributed by atoms with Gasteiger partial charge < -0.3 is 20.1 Å². The van der Waals surface area contributed by atoms with Gasteiger partial charge in [-0.2, -0.15) is 0 Å². The summed E-state index contributed by atoms with van der Waals surface area (Å²) < 4.78 is 2.06. The third kappa shape index (κ3) is 8.64. The van der Waals surface area contributed by atoms with Crippen LogP contribution in [0.25, 0.3) is 0 Å². The van der Waals surface area contributed by atoms with Gasteiger partial charge >= 0.3 is 6.03 Å². The first-order valence-corrected chi connectivity index (χ1v) is 16.7. The third-order valence-corrected chi connectivity index (χ3v) is 10.1. The zero-order valence-electron chi connectivity index (χ0n) is 24.7. The van der Waals surface area contributed by atoms with Crippen LogP contribution >= 0.6 is 23.2 Å². The second-order valence-electron chi connectivity index (χ2n) is 12.4. The Labute approximate surface area is 260 Å². The summed E-state index contributed by atoms with van der Waals surface area (Å²) in [6.07, 6.45) is 17.8. The van der Waals surface area contributed by atoms with Crippen molar-refractivity contribution < 1.29 is 9.59 Å². The quantitative estimate of drug-likeness (QED) is 0.348. The summed E-state index contributed by atoms with van der Waals surface area (Å²) in [5, 5.41) is 7.45. The summed E-state index contributed by atoms with van der Waals surface area (Å²) in [4.78, 5) is 35.5. The summed E-state index contributed by atoms with van der Waals surface area (Å²) >= 11 is 12.3. The molecule has 5 rings (SSSR count). The molecule has 3 aliphatic rings. The molecule has 1 aromatic carbocycles. The Kier molecular flexibility index (Phi) is 11.4. The first kappa shape index (κ1) is 31.1. The van der Waals surface area contributed by atoms with Crippen LogP contribution in [-0.2, 0) is 17.8 Å². The average Bonchev–Trinajstić information content (AvgIpc) is 3.45. The number of nitrogens with zero attached hydrogens (tertiary/aromatic N) is 4. The number of hydrogen-bond donors (Lipinski definition) is 2. The van der Waals surface area contributed by atoms with Crippen molar-refractivity contribution in [2.24, 2.45) is 5.92 Å². The van der Waals surface area contributed by atoms with E-state index in [1.54, 1.807) is 17.3 Å². The highest BCUT2D eigenvalue weighted by atomic mass is 35.5. The minimum atomic E-state index is -0.491. The van der Waals surface area contributed by atoms with Gasteiger partial charge in [-0.25, -0.2) is 9.78 Å². The molecule has 0 spiro atoms. The van der Waals surface area contributed by atoms with E-state index in [-0.39, 0.29) is 18.0 Å². The number of benzene rings is 1. The molecule has 1 atom stereocenters. The number of halogens is 2. The Morgan fingerprint density at radius 1 is 0.952 bits per heavy atom. The molecule has 42 heavy (non-hydrogen) atoms. The third-order valence-electron chi connectivity index (χ3n) is 9.35. The normalized spacial score (nSPS) is 20.9. The molecule has 0 bridgehead atoms. The van der Waals surface area contributed by atoms with E-state index in [4.69, 9.17) is 23.2 Å². The summed E-state index contributed by atoms with van der Waals surface area (Å²) in [5.41, 5.74) is 2.05. The summed E-state index contributed by atoms with van der Waals surface area (Å²) in [6.45, 7) is 4.09. The van der Waals surface area contributed by atoms with Gasteiger partial charge in [-0.1, -0.05) is 80.6 Å². The highest BCUT2D eigenvalue weighted by Gasteiger charge is 2.36. The molecule has 2 aliphatic carbocycles. The average molecular weight is 618 g/mol. The second-order valence-corrected chi connectivity index (χ2v) is 13.2. The van der Waals surface area contributed by atoms with Crippen LogP contribution < -0.4 is 10.6 Å². The van der Waals surface area contributed by atoms with Crippen LogP contribution in [0, 0.1) is 5.92 Å². The number of carbonyl (C=O) groups excluding carboxylic acids is 2. The van der Waals surface area contributed by atoms with Crippen LogP contribution in [-0.4, -0.2) is 76.1 Å². The zero-order chi connectivity index (χ0) is 29.3. The maximum absolute atomic E-state index is 13.6. The summed E-state index contributed by atoms with van der Waals surface area (Å²) in [5.74, 6) is 0.721. The molecular weight excluding hydrogens is 571 g/mol. The maximum atomic E-state index is 13.6. The molecule has 1 saturated heterocycles. The largest absolute Gasteiger partial charge is 0.354 e. The first-order valence-electron chi connectivity index (χ1n) is 16.0. The lowest BCUT2D eigenvalue weighted by molar-refractivity contribution is -0.127. The molecule has 8 nitrogen and oxygen atoms in total. The fraction of sp³-hybridized carbons (Fsp3) is 0.656. The van der Waals surface area contributed by atoms with Gasteiger partial charge in [-0.15, -0.1) is 0 Å². The van der Waals surface area contributed by atoms with Gasteiger partial charge in [0.05, 0.1) is 16.4 Å². The number of carbonyl (C=O) groups is 2. The van der Waals surface area contributed by atoms with Gasteiger partial charge in [0.2, 0.25) is 5.91 Å². The minimum absolute atomic E-state index is 0.0771. The van der Waals surface area contributed by atoms with Crippen LogP contribution in [0.5, 0.6) is 0 Å². The molecule has 0 unspecified atom stereocenters. The van der Waals surface area contributed by atoms with Crippen LogP contribution in [0.2, 0.25) is 10.0 Å². The highest BCUT2D eigenvalue weighted by Crippen LogP contribution is 2.27. The van der Waals surface area contributed by atoms with Crippen molar-refractivity contribution in [1.29, 1.82) is 0 Å².